The number of benzene rings is 1. The molecule has 1 fully saturated rings. The molecule has 0 radical (unpaired) electrons. The lowest BCUT2D eigenvalue weighted by molar-refractivity contribution is -0.134. The van der Waals surface area contributed by atoms with Gasteiger partial charge in [-0.05, 0) is 25.7 Å². The summed E-state index contributed by atoms with van der Waals surface area (Å²) in [5.41, 5.74) is 5.89. The molecule has 2 unspecified atom stereocenters. The van der Waals surface area contributed by atoms with Gasteiger partial charge in [0.25, 0.3) is 0 Å². The van der Waals surface area contributed by atoms with Gasteiger partial charge in [-0.2, -0.15) is 0 Å². The summed E-state index contributed by atoms with van der Waals surface area (Å²) < 4.78 is 16.2. The van der Waals surface area contributed by atoms with E-state index >= 15 is 0 Å². The van der Waals surface area contributed by atoms with Crippen LogP contribution in [0.1, 0.15) is 25.7 Å². The van der Waals surface area contributed by atoms with Gasteiger partial charge in [-0.1, -0.05) is 0 Å². The number of halogens is 1. The molecule has 2 rings (SSSR count). The third-order valence-corrected chi connectivity index (χ3v) is 4.43. The van der Waals surface area contributed by atoms with Crippen LogP contribution in [0, 0.1) is 5.92 Å². The molecule has 0 bridgehead atoms. The zero-order chi connectivity index (χ0) is 17.5. The number of methoxy groups -OCH3 is 2. The second-order valence-electron chi connectivity index (χ2n) is 6.28. The first-order valence-electron chi connectivity index (χ1n) is 8.40. The van der Waals surface area contributed by atoms with Crippen LogP contribution in [0.25, 0.3) is 0 Å². The number of hydrogen-bond acceptors (Lipinski definition) is 5. The van der Waals surface area contributed by atoms with E-state index in [1.807, 2.05) is 19.2 Å². The summed E-state index contributed by atoms with van der Waals surface area (Å²) in [5, 5.41) is 0. The normalized spacial score (nSPS) is 19.0. The number of hydrogen-bond donors (Lipinski definition) is 1. The lowest BCUT2D eigenvalue weighted by Crippen LogP contribution is -2.33. The number of nitrogens with two attached hydrogens (primary N) is 1. The third-order valence-electron chi connectivity index (χ3n) is 4.43. The summed E-state index contributed by atoms with van der Waals surface area (Å²) in [6, 6.07) is 5.61. The molecule has 2 atom stereocenters. The molecule has 1 aromatic carbocycles. The molecule has 0 heterocycles. The van der Waals surface area contributed by atoms with Gasteiger partial charge >= 0.3 is 0 Å². The van der Waals surface area contributed by atoms with Gasteiger partial charge in [-0.25, -0.2) is 0 Å². The van der Waals surface area contributed by atoms with Crippen LogP contribution in [-0.2, 0) is 4.79 Å². The molecule has 0 saturated heterocycles. The van der Waals surface area contributed by atoms with Crippen LogP contribution in [0.5, 0.6) is 17.2 Å². The number of amides is 1. The summed E-state index contributed by atoms with van der Waals surface area (Å²) in [7, 11) is 5.06. The molecule has 0 spiro atoms. The van der Waals surface area contributed by atoms with Gasteiger partial charge in [0, 0.05) is 43.8 Å². The van der Waals surface area contributed by atoms with Crippen LogP contribution in [0.2, 0.25) is 0 Å². The summed E-state index contributed by atoms with van der Waals surface area (Å²) >= 11 is 0. The van der Waals surface area contributed by atoms with Crippen molar-refractivity contribution in [3.05, 3.63) is 18.2 Å². The Balaban J connectivity index is 0.00000312. The lowest BCUT2D eigenvalue weighted by Gasteiger charge is -2.21. The largest absolute Gasteiger partial charge is 0.496 e. The molecular weight excluding hydrogens is 344 g/mol. The quantitative estimate of drug-likeness (QED) is 0.709. The Kier molecular flexibility index (Phi) is 8.86. The van der Waals surface area contributed by atoms with E-state index in [4.69, 9.17) is 19.9 Å². The van der Waals surface area contributed by atoms with E-state index in [0.29, 0.717) is 30.4 Å². The predicted molar refractivity (Wildman–Crippen MR) is 99.9 cm³/mol. The highest BCUT2D eigenvalue weighted by Crippen LogP contribution is 2.28. The average molecular weight is 373 g/mol. The molecule has 1 aliphatic rings. The van der Waals surface area contributed by atoms with E-state index in [0.717, 1.165) is 25.7 Å². The Morgan fingerprint density at radius 1 is 1.16 bits per heavy atom. The fourth-order valence-corrected chi connectivity index (χ4v) is 3.02. The molecule has 1 saturated carbocycles. The highest BCUT2D eigenvalue weighted by atomic mass is 35.5. The molecule has 6 nitrogen and oxygen atoms in total. The van der Waals surface area contributed by atoms with Crippen molar-refractivity contribution in [1.29, 1.82) is 0 Å². The van der Waals surface area contributed by atoms with Crippen LogP contribution in [0.15, 0.2) is 18.2 Å². The van der Waals surface area contributed by atoms with Crippen LogP contribution < -0.4 is 19.9 Å². The topological polar surface area (TPSA) is 74.0 Å². The van der Waals surface area contributed by atoms with Crippen molar-refractivity contribution >= 4 is 18.3 Å². The Labute approximate surface area is 156 Å². The first kappa shape index (κ1) is 21.4. The van der Waals surface area contributed by atoms with Crippen molar-refractivity contribution in [2.24, 2.45) is 11.7 Å². The lowest BCUT2D eigenvalue weighted by atomic mass is 10.1. The van der Waals surface area contributed by atoms with Gasteiger partial charge < -0.3 is 24.8 Å². The highest BCUT2D eigenvalue weighted by Gasteiger charge is 2.29. The molecule has 25 heavy (non-hydrogen) atoms. The zero-order valence-electron chi connectivity index (χ0n) is 15.2. The van der Waals surface area contributed by atoms with Gasteiger partial charge in [0.1, 0.15) is 17.2 Å². The number of ether oxygens (including phenoxy) is 3. The summed E-state index contributed by atoms with van der Waals surface area (Å²) in [5.74, 6) is 2.37. The molecule has 2 N–H and O–H groups in total. The zero-order valence-corrected chi connectivity index (χ0v) is 16.0. The average Bonchev–Trinajstić information content (AvgIpc) is 3.03. The minimum Gasteiger partial charge on any atom is -0.496 e. The van der Waals surface area contributed by atoms with Crippen LogP contribution in [-0.4, -0.2) is 51.3 Å². The smallest absolute Gasteiger partial charge is 0.225 e. The molecular formula is C18H29ClN2O4. The van der Waals surface area contributed by atoms with E-state index in [1.54, 1.807) is 25.2 Å². The maximum atomic E-state index is 12.3. The molecule has 7 heteroatoms. The second kappa shape index (κ2) is 10.4. The number of nitrogens with zero attached hydrogens (tertiary/aromatic N) is 1. The van der Waals surface area contributed by atoms with Crippen molar-refractivity contribution in [3.63, 3.8) is 0 Å². The summed E-state index contributed by atoms with van der Waals surface area (Å²) in [4.78, 5) is 14.1. The van der Waals surface area contributed by atoms with Gasteiger partial charge in [0.15, 0.2) is 0 Å². The third kappa shape index (κ3) is 6.29. The number of carbonyl (C=O) groups excluding carboxylic acids is 1. The van der Waals surface area contributed by atoms with E-state index in [9.17, 15) is 4.79 Å². The minimum absolute atomic E-state index is 0. The van der Waals surface area contributed by atoms with Crippen molar-refractivity contribution in [1.82, 2.24) is 4.90 Å². The van der Waals surface area contributed by atoms with E-state index in [1.165, 1.54) is 0 Å². The second-order valence-corrected chi connectivity index (χ2v) is 6.28. The molecule has 0 aliphatic heterocycles. The minimum atomic E-state index is 0. The van der Waals surface area contributed by atoms with Crippen molar-refractivity contribution < 1.29 is 19.0 Å². The van der Waals surface area contributed by atoms with Crippen LogP contribution in [0.4, 0.5) is 0 Å². The maximum absolute atomic E-state index is 12.3. The first-order chi connectivity index (χ1) is 11.5. The van der Waals surface area contributed by atoms with Gasteiger partial charge in [0.2, 0.25) is 5.91 Å². The summed E-state index contributed by atoms with van der Waals surface area (Å²) in [6.07, 6.45) is 3.43. The Bertz CT molecular complexity index is 534. The highest BCUT2D eigenvalue weighted by molar-refractivity contribution is 5.85. The number of carbonyl (C=O) groups is 1. The maximum Gasteiger partial charge on any atom is 0.225 e. The van der Waals surface area contributed by atoms with Crippen molar-refractivity contribution in [2.75, 3.05) is 34.4 Å². The fourth-order valence-electron chi connectivity index (χ4n) is 3.02. The Hall–Kier alpha value is -1.66. The van der Waals surface area contributed by atoms with Crippen molar-refractivity contribution in [2.45, 2.75) is 31.7 Å². The van der Waals surface area contributed by atoms with Gasteiger partial charge in [0.05, 0.1) is 20.8 Å². The summed E-state index contributed by atoms with van der Waals surface area (Å²) in [6.45, 7) is 1.20. The molecule has 142 valence electrons. The SMILES string of the molecule is COc1cc(OC)cc(OCCCN(C)C(=O)C2CCC(N)C2)c1.Cl. The first-order valence-corrected chi connectivity index (χ1v) is 8.40. The van der Waals surface area contributed by atoms with E-state index in [2.05, 4.69) is 0 Å². The monoisotopic (exact) mass is 372 g/mol. The molecule has 1 aromatic rings. The van der Waals surface area contributed by atoms with Gasteiger partial charge in [-0.3, -0.25) is 4.79 Å². The molecule has 1 aliphatic carbocycles. The number of rotatable bonds is 8. The molecule has 0 aromatic heterocycles. The van der Waals surface area contributed by atoms with E-state index < -0.39 is 0 Å². The Morgan fingerprint density at radius 3 is 2.28 bits per heavy atom. The van der Waals surface area contributed by atoms with Crippen LogP contribution >= 0.6 is 12.4 Å². The molecule has 1 amide bonds. The Morgan fingerprint density at radius 2 is 1.76 bits per heavy atom. The van der Waals surface area contributed by atoms with Crippen molar-refractivity contribution in [3.8, 4) is 17.2 Å². The predicted octanol–water partition coefficient (Wildman–Crippen LogP) is 2.48. The standard InChI is InChI=1S/C18H28N2O4.ClH/c1-20(18(21)13-5-6-14(19)9-13)7-4-8-24-17-11-15(22-2)10-16(12-17)23-3;/h10-14H,4-9,19H2,1-3H3;1H. The van der Waals surface area contributed by atoms with Crippen LogP contribution in [0.3, 0.4) is 0 Å². The van der Waals surface area contributed by atoms with E-state index in [-0.39, 0.29) is 30.3 Å². The van der Waals surface area contributed by atoms with Gasteiger partial charge in [-0.15, -0.1) is 12.4 Å². The fraction of sp³-hybridized carbons (Fsp3) is 0.611.